The molecule has 1 aromatic carbocycles. The van der Waals surface area contributed by atoms with Gasteiger partial charge >= 0.3 is 6.09 Å². The predicted octanol–water partition coefficient (Wildman–Crippen LogP) is 3.80. The van der Waals surface area contributed by atoms with Crippen LogP contribution in [0.3, 0.4) is 0 Å². The van der Waals surface area contributed by atoms with E-state index in [0.29, 0.717) is 11.1 Å². The van der Waals surface area contributed by atoms with Gasteiger partial charge in [-0.25, -0.2) is 9.18 Å². The predicted molar refractivity (Wildman–Crippen MR) is 99.2 cm³/mol. The fourth-order valence-corrected chi connectivity index (χ4v) is 3.94. The molecule has 6 nitrogen and oxygen atoms in total. The second-order valence-corrected chi connectivity index (χ2v) is 8.21. The highest BCUT2D eigenvalue weighted by molar-refractivity contribution is 5.98. The van der Waals surface area contributed by atoms with Crippen molar-refractivity contribution in [2.75, 3.05) is 6.54 Å². The summed E-state index contributed by atoms with van der Waals surface area (Å²) in [5, 5.41) is 0.927. The summed E-state index contributed by atoms with van der Waals surface area (Å²) in [6, 6.07) is 4.69. The molecule has 3 rings (SSSR count). The highest BCUT2D eigenvalue weighted by Crippen LogP contribution is 2.36. The van der Waals surface area contributed by atoms with E-state index < -0.39 is 29.8 Å². The van der Waals surface area contributed by atoms with Gasteiger partial charge in [-0.2, -0.15) is 0 Å². The van der Waals surface area contributed by atoms with Crippen molar-refractivity contribution in [3.8, 4) is 0 Å². The Morgan fingerprint density at radius 3 is 2.67 bits per heavy atom. The highest BCUT2D eigenvalue weighted by Gasteiger charge is 2.46. The van der Waals surface area contributed by atoms with E-state index in [2.05, 4.69) is 0 Å². The molecule has 27 heavy (non-hydrogen) atoms. The topological polar surface area (TPSA) is 85.8 Å². The van der Waals surface area contributed by atoms with Crippen LogP contribution in [0, 0.1) is 12.3 Å². The Bertz CT molecular complexity index is 870. The third-order valence-electron chi connectivity index (χ3n) is 5.00. The van der Waals surface area contributed by atoms with Gasteiger partial charge in [0.05, 0.1) is 18.8 Å². The Balaban J connectivity index is 1.98. The molecule has 7 heteroatoms. The lowest BCUT2D eigenvalue weighted by molar-refractivity contribution is -0.0570. The highest BCUT2D eigenvalue weighted by atomic mass is 19.1. The molecule has 2 heterocycles. The molecular formula is C20H25FN2O4. The van der Waals surface area contributed by atoms with Gasteiger partial charge in [0.15, 0.2) is 0 Å². The number of benzene rings is 1. The average Bonchev–Trinajstić information content (AvgIpc) is 2.92. The van der Waals surface area contributed by atoms with Crippen LogP contribution in [0.4, 0.5) is 9.18 Å². The first-order chi connectivity index (χ1) is 12.6. The van der Waals surface area contributed by atoms with Crippen molar-refractivity contribution in [3.63, 3.8) is 0 Å². The number of primary amides is 1. The summed E-state index contributed by atoms with van der Waals surface area (Å²) in [7, 11) is 0. The molecule has 1 saturated heterocycles. The van der Waals surface area contributed by atoms with Crippen LogP contribution in [-0.4, -0.2) is 41.8 Å². The third kappa shape index (κ3) is 3.77. The van der Waals surface area contributed by atoms with Crippen LogP contribution in [0.1, 0.15) is 43.1 Å². The number of hydrogen-bond acceptors (Lipinski definition) is 4. The molecule has 1 aliphatic rings. The van der Waals surface area contributed by atoms with Crippen molar-refractivity contribution >= 4 is 23.0 Å². The second kappa shape index (κ2) is 6.87. The van der Waals surface area contributed by atoms with Crippen LogP contribution in [0.5, 0.6) is 0 Å². The fraction of sp³-hybridized carbons (Fsp3) is 0.500. The van der Waals surface area contributed by atoms with Crippen molar-refractivity contribution in [1.82, 2.24) is 4.90 Å². The van der Waals surface area contributed by atoms with Crippen LogP contribution in [-0.2, 0) is 4.74 Å². The molecule has 1 fully saturated rings. The van der Waals surface area contributed by atoms with E-state index in [1.807, 2.05) is 33.8 Å². The summed E-state index contributed by atoms with van der Waals surface area (Å²) in [6.07, 6.45) is -1.42. The van der Waals surface area contributed by atoms with Crippen LogP contribution in [0.2, 0.25) is 0 Å². The first kappa shape index (κ1) is 19.2. The van der Waals surface area contributed by atoms with Crippen molar-refractivity contribution in [3.05, 3.63) is 35.6 Å². The van der Waals surface area contributed by atoms with Gasteiger partial charge in [-0.05, 0) is 30.0 Å². The number of carbonyl (C=O) groups is 2. The van der Waals surface area contributed by atoms with Gasteiger partial charge < -0.3 is 19.8 Å². The van der Waals surface area contributed by atoms with E-state index in [-0.39, 0.29) is 18.9 Å². The zero-order valence-electron chi connectivity index (χ0n) is 16.0. The lowest BCUT2D eigenvalue weighted by atomic mass is 9.78. The minimum absolute atomic E-state index is 0.0189. The number of carbonyl (C=O) groups excluding carboxylic acids is 2. The number of nitrogens with zero attached hydrogens (tertiary/aromatic N) is 1. The van der Waals surface area contributed by atoms with E-state index in [0.717, 1.165) is 10.9 Å². The van der Waals surface area contributed by atoms with Crippen molar-refractivity contribution in [2.45, 2.75) is 52.4 Å². The third-order valence-corrected chi connectivity index (χ3v) is 5.00. The van der Waals surface area contributed by atoms with E-state index in [9.17, 15) is 14.0 Å². The number of piperidine rings is 1. The molecule has 1 aromatic heterocycles. The van der Waals surface area contributed by atoms with Gasteiger partial charge in [-0.1, -0.05) is 26.8 Å². The number of ether oxygens (including phenoxy) is 1. The van der Waals surface area contributed by atoms with E-state index >= 15 is 0 Å². The SMILES string of the molecule is Cc1coc2cc(C(=O)N3C[C@H](F)C[C@@H](OC(N)=O)C3C(C)(C)C)ccc12. The Morgan fingerprint density at radius 1 is 1.33 bits per heavy atom. The van der Waals surface area contributed by atoms with Gasteiger partial charge in [0.1, 0.15) is 17.9 Å². The average molecular weight is 376 g/mol. The molecule has 0 radical (unpaired) electrons. The molecule has 1 aliphatic heterocycles. The Hall–Kier alpha value is -2.57. The maximum Gasteiger partial charge on any atom is 0.404 e. The number of aryl methyl sites for hydroxylation is 1. The van der Waals surface area contributed by atoms with Crippen LogP contribution in [0.25, 0.3) is 11.0 Å². The van der Waals surface area contributed by atoms with Crippen molar-refractivity contribution < 1.29 is 23.1 Å². The van der Waals surface area contributed by atoms with E-state index in [1.54, 1.807) is 18.4 Å². The van der Waals surface area contributed by atoms with Gasteiger partial charge in [0, 0.05) is 17.4 Å². The first-order valence-electron chi connectivity index (χ1n) is 8.97. The molecule has 0 bridgehead atoms. The molecule has 146 valence electrons. The van der Waals surface area contributed by atoms with Crippen LogP contribution >= 0.6 is 0 Å². The molecule has 0 saturated carbocycles. The minimum Gasteiger partial charge on any atom is -0.464 e. The lowest BCUT2D eigenvalue weighted by Gasteiger charge is -2.47. The number of likely N-dealkylation sites (tertiary alicyclic amines) is 1. The lowest BCUT2D eigenvalue weighted by Crippen LogP contribution is -2.61. The summed E-state index contributed by atoms with van der Waals surface area (Å²) >= 11 is 0. The standard InChI is InChI=1S/C20H25FN2O4/c1-11-10-26-15-7-12(5-6-14(11)15)18(24)23-9-13(21)8-16(27-19(22)25)17(23)20(2,3)4/h5-7,10,13,16-17H,8-9H2,1-4H3,(H2,22,25)/t13-,16-,17?/m1/s1. The number of halogens is 1. The summed E-state index contributed by atoms with van der Waals surface area (Å²) in [6.45, 7) is 7.63. The molecule has 2 N–H and O–H groups in total. The minimum atomic E-state index is -1.30. The molecule has 3 atom stereocenters. The smallest absolute Gasteiger partial charge is 0.404 e. The fourth-order valence-electron chi connectivity index (χ4n) is 3.94. The Labute approximate surface area is 157 Å². The van der Waals surface area contributed by atoms with Gasteiger partial charge in [-0.15, -0.1) is 0 Å². The zero-order chi connectivity index (χ0) is 19.9. The number of hydrogen-bond donors (Lipinski definition) is 1. The number of fused-ring (bicyclic) bond motifs is 1. The normalized spacial score (nSPS) is 23.4. The number of rotatable bonds is 2. The maximum atomic E-state index is 14.4. The number of nitrogens with two attached hydrogens (primary N) is 1. The molecule has 1 unspecified atom stereocenters. The first-order valence-corrected chi connectivity index (χ1v) is 8.97. The van der Waals surface area contributed by atoms with Crippen molar-refractivity contribution in [1.29, 1.82) is 0 Å². The molecular weight excluding hydrogens is 351 g/mol. The number of alkyl halides is 1. The van der Waals surface area contributed by atoms with Crippen LogP contribution in [0.15, 0.2) is 28.9 Å². The van der Waals surface area contributed by atoms with Crippen LogP contribution < -0.4 is 5.73 Å². The molecule has 0 aliphatic carbocycles. The largest absolute Gasteiger partial charge is 0.464 e. The maximum absolute atomic E-state index is 14.4. The number of amides is 2. The monoisotopic (exact) mass is 376 g/mol. The summed E-state index contributed by atoms with van der Waals surface area (Å²) < 4.78 is 25.0. The quantitative estimate of drug-likeness (QED) is 0.864. The number of furan rings is 1. The van der Waals surface area contributed by atoms with E-state index in [4.69, 9.17) is 14.9 Å². The van der Waals surface area contributed by atoms with E-state index in [1.165, 1.54) is 4.90 Å². The summed E-state index contributed by atoms with van der Waals surface area (Å²) in [5.41, 5.74) is 6.71. The Morgan fingerprint density at radius 2 is 2.04 bits per heavy atom. The summed E-state index contributed by atoms with van der Waals surface area (Å²) in [4.78, 5) is 26.0. The van der Waals surface area contributed by atoms with Gasteiger partial charge in [0.25, 0.3) is 5.91 Å². The summed E-state index contributed by atoms with van der Waals surface area (Å²) in [5.74, 6) is -0.328. The second-order valence-electron chi connectivity index (χ2n) is 8.21. The zero-order valence-corrected chi connectivity index (χ0v) is 16.0. The molecule has 2 aromatic rings. The van der Waals surface area contributed by atoms with Crippen molar-refractivity contribution in [2.24, 2.45) is 11.1 Å². The van der Waals surface area contributed by atoms with Gasteiger partial charge in [0.2, 0.25) is 0 Å². The van der Waals surface area contributed by atoms with Gasteiger partial charge in [-0.3, -0.25) is 4.79 Å². The Kier molecular flexibility index (Phi) is 4.88. The molecule has 0 spiro atoms. The molecule has 2 amide bonds.